The zero-order chi connectivity index (χ0) is 18.5. The SMILES string of the molecule is O=C(COc1ccc2ccccc2c1)N1CCC(Cc2ccccc2)CC1. The van der Waals surface area contributed by atoms with Crippen molar-refractivity contribution >= 4 is 16.7 Å². The number of carbonyl (C=O) groups is 1. The van der Waals surface area contributed by atoms with Crippen molar-refractivity contribution in [3.8, 4) is 5.75 Å². The minimum atomic E-state index is 0.0846. The number of hydrogen-bond donors (Lipinski definition) is 0. The summed E-state index contributed by atoms with van der Waals surface area (Å²) < 4.78 is 5.76. The predicted octanol–water partition coefficient (Wildman–Crippen LogP) is 4.70. The zero-order valence-electron chi connectivity index (χ0n) is 15.5. The van der Waals surface area contributed by atoms with E-state index in [0.29, 0.717) is 5.92 Å². The van der Waals surface area contributed by atoms with Gasteiger partial charge in [0.1, 0.15) is 5.75 Å². The highest BCUT2D eigenvalue weighted by molar-refractivity contribution is 5.84. The second-order valence-electron chi connectivity index (χ2n) is 7.31. The van der Waals surface area contributed by atoms with E-state index in [-0.39, 0.29) is 12.5 Å². The number of benzene rings is 3. The van der Waals surface area contributed by atoms with Crippen LogP contribution in [0.15, 0.2) is 72.8 Å². The number of ether oxygens (including phenoxy) is 1. The number of likely N-dealkylation sites (tertiary alicyclic amines) is 1. The third kappa shape index (κ3) is 4.48. The summed E-state index contributed by atoms with van der Waals surface area (Å²) in [5.41, 5.74) is 1.39. The molecule has 0 bridgehead atoms. The number of rotatable bonds is 5. The monoisotopic (exact) mass is 359 g/mol. The molecule has 3 nitrogen and oxygen atoms in total. The summed E-state index contributed by atoms with van der Waals surface area (Å²) in [7, 11) is 0. The van der Waals surface area contributed by atoms with Gasteiger partial charge in [0.2, 0.25) is 0 Å². The van der Waals surface area contributed by atoms with E-state index in [9.17, 15) is 4.79 Å². The molecule has 27 heavy (non-hydrogen) atoms. The van der Waals surface area contributed by atoms with Crippen molar-refractivity contribution in [3.05, 3.63) is 78.4 Å². The van der Waals surface area contributed by atoms with Gasteiger partial charge in [0.15, 0.2) is 6.61 Å². The van der Waals surface area contributed by atoms with Gasteiger partial charge in [0, 0.05) is 13.1 Å². The fourth-order valence-corrected chi connectivity index (χ4v) is 3.83. The Balaban J connectivity index is 1.26. The first-order chi connectivity index (χ1) is 13.3. The fourth-order valence-electron chi connectivity index (χ4n) is 3.83. The maximum absolute atomic E-state index is 12.5. The Labute approximate surface area is 160 Å². The molecule has 0 unspecified atom stereocenters. The van der Waals surface area contributed by atoms with Crippen LogP contribution in [0.3, 0.4) is 0 Å². The molecule has 1 fully saturated rings. The molecule has 0 aliphatic carbocycles. The Morgan fingerprint density at radius 3 is 2.37 bits per heavy atom. The third-order valence-electron chi connectivity index (χ3n) is 5.42. The Kier molecular flexibility index (Phi) is 5.38. The fraction of sp³-hybridized carbons (Fsp3) is 0.292. The molecule has 0 radical (unpaired) electrons. The molecule has 1 amide bonds. The van der Waals surface area contributed by atoms with Crippen LogP contribution in [0.4, 0.5) is 0 Å². The maximum Gasteiger partial charge on any atom is 0.260 e. The van der Waals surface area contributed by atoms with Gasteiger partial charge >= 0.3 is 0 Å². The molecule has 1 saturated heterocycles. The van der Waals surface area contributed by atoms with Crippen LogP contribution in [-0.4, -0.2) is 30.5 Å². The number of nitrogens with zero attached hydrogens (tertiary/aromatic N) is 1. The minimum Gasteiger partial charge on any atom is -0.484 e. The van der Waals surface area contributed by atoms with Crippen LogP contribution < -0.4 is 4.74 Å². The van der Waals surface area contributed by atoms with Crippen LogP contribution in [0.25, 0.3) is 10.8 Å². The molecule has 3 aromatic rings. The molecule has 1 aliphatic rings. The van der Waals surface area contributed by atoms with E-state index in [2.05, 4.69) is 42.5 Å². The zero-order valence-corrected chi connectivity index (χ0v) is 15.5. The highest BCUT2D eigenvalue weighted by atomic mass is 16.5. The largest absolute Gasteiger partial charge is 0.484 e. The van der Waals surface area contributed by atoms with Gasteiger partial charge in [-0.15, -0.1) is 0 Å². The average Bonchev–Trinajstić information content (AvgIpc) is 2.73. The van der Waals surface area contributed by atoms with Crippen molar-refractivity contribution < 1.29 is 9.53 Å². The lowest BCUT2D eigenvalue weighted by Crippen LogP contribution is -2.41. The van der Waals surface area contributed by atoms with Crippen LogP contribution in [0.5, 0.6) is 5.75 Å². The molecule has 3 heteroatoms. The molecule has 0 N–H and O–H groups in total. The van der Waals surface area contributed by atoms with Gasteiger partial charge in [-0.25, -0.2) is 0 Å². The van der Waals surface area contributed by atoms with Gasteiger partial charge in [-0.2, -0.15) is 0 Å². The molecule has 1 aliphatic heterocycles. The second kappa shape index (κ2) is 8.26. The number of carbonyl (C=O) groups excluding carboxylic acids is 1. The van der Waals surface area contributed by atoms with Crippen molar-refractivity contribution in [2.45, 2.75) is 19.3 Å². The molecular formula is C24H25NO2. The van der Waals surface area contributed by atoms with Crippen molar-refractivity contribution in [2.75, 3.05) is 19.7 Å². The van der Waals surface area contributed by atoms with Crippen molar-refractivity contribution in [2.24, 2.45) is 5.92 Å². The van der Waals surface area contributed by atoms with Gasteiger partial charge < -0.3 is 9.64 Å². The van der Waals surface area contributed by atoms with Gasteiger partial charge in [-0.1, -0.05) is 60.7 Å². The summed E-state index contributed by atoms with van der Waals surface area (Å²) in [4.78, 5) is 14.4. The van der Waals surface area contributed by atoms with Crippen LogP contribution >= 0.6 is 0 Å². The summed E-state index contributed by atoms with van der Waals surface area (Å²) in [6, 6.07) is 24.7. The highest BCUT2D eigenvalue weighted by Crippen LogP contribution is 2.23. The third-order valence-corrected chi connectivity index (χ3v) is 5.42. The Morgan fingerprint density at radius 2 is 1.59 bits per heavy atom. The molecule has 0 spiro atoms. The quantitative estimate of drug-likeness (QED) is 0.661. The van der Waals surface area contributed by atoms with E-state index in [4.69, 9.17) is 4.74 Å². The number of fused-ring (bicyclic) bond motifs is 1. The van der Waals surface area contributed by atoms with E-state index < -0.39 is 0 Å². The summed E-state index contributed by atoms with van der Waals surface area (Å²) >= 11 is 0. The number of piperidine rings is 1. The Morgan fingerprint density at radius 1 is 0.889 bits per heavy atom. The van der Waals surface area contributed by atoms with Crippen LogP contribution in [0.2, 0.25) is 0 Å². The Bertz CT molecular complexity index is 898. The topological polar surface area (TPSA) is 29.5 Å². The van der Waals surface area contributed by atoms with Gasteiger partial charge in [0.25, 0.3) is 5.91 Å². The van der Waals surface area contributed by atoms with Crippen LogP contribution in [0, 0.1) is 5.92 Å². The first kappa shape index (κ1) is 17.6. The molecule has 138 valence electrons. The molecule has 0 aromatic heterocycles. The second-order valence-corrected chi connectivity index (χ2v) is 7.31. The number of amides is 1. The normalized spacial score (nSPS) is 15.0. The molecule has 0 saturated carbocycles. The van der Waals surface area contributed by atoms with E-state index in [1.54, 1.807) is 0 Å². The lowest BCUT2D eigenvalue weighted by Gasteiger charge is -2.32. The smallest absolute Gasteiger partial charge is 0.260 e. The standard InChI is InChI=1S/C24H25NO2/c26-24(18-27-23-11-10-21-8-4-5-9-22(21)17-23)25-14-12-20(13-15-25)16-19-6-2-1-3-7-19/h1-11,17,20H,12-16,18H2. The molecule has 1 heterocycles. The van der Waals surface area contributed by atoms with E-state index >= 15 is 0 Å². The first-order valence-electron chi connectivity index (χ1n) is 9.71. The summed E-state index contributed by atoms with van der Waals surface area (Å²) in [5.74, 6) is 1.50. The number of hydrogen-bond acceptors (Lipinski definition) is 2. The molecule has 3 aromatic carbocycles. The average molecular weight is 359 g/mol. The first-order valence-corrected chi connectivity index (χ1v) is 9.71. The lowest BCUT2D eigenvalue weighted by molar-refractivity contribution is -0.134. The van der Waals surface area contributed by atoms with E-state index in [0.717, 1.165) is 43.5 Å². The molecular weight excluding hydrogens is 334 g/mol. The van der Waals surface area contributed by atoms with Gasteiger partial charge in [-0.05, 0) is 53.6 Å². The highest BCUT2D eigenvalue weighted by Gasteiger charge is 2.23. The lowest BCUT2D eigenvalue weighted by atomic mass is 9.90. The molecule has 4 rings (SSSR count). The summed E-state index contributed by atoms with van der Waals surface area (Å²) in [6.45, 7) is 1.77. The maximum atomic E-state index is 12.5. The van der Waals surface area contributed by atoms with E-state index in [1.165, 1.54) is 10.9 Å². The molecule has 0 atom stereocenters. The Hall–Kier alpha value is -2.81. The van der Waals surface area contributed by atoms with Crippen LogP contribution in [-0.2, 0) is 11.2 Å². The van der Waals surface area contributed by atoms with Crippen molar-refractivity contribution in [1.29, 1.82) is 0 Å². The predicted molar refractivity (Wildman–Crippen MR) is 109 cm³/mol. The minimum absolute atomic E-state index is 0.0846. The summed E-state index contributed by atoms with van der Waals surface area (Å²) in [6.07, 6.45) is 3.24. The van der Waals surface area contributed by atoms with E-state index in [1.807, 2.05) is 35.2 Å². The summed E-state index contributed by atoms with van der Waals surface area (Å²) in [5, 5.41) is 2.31. The van der Waals surface area contributed by atoms with Crippen LogP contribution in [0.1, 0.15) is 18.4 Å². The van der Waals surface area contributed by atoms with Crippen molar-refractivity contribution in [1.82, 2.24) is 4.90 Å². The van der Waals surface area contributed by atoms with Gasteiger partial charge in [0.05, 0.1) is 0 Å². The van der Waals surface area contributed by atoms with Crippen molar-refractivity contribution in [3.63, 3.8) is 0 Å². The van der Waals surface area contributed by atoms with Gasteiger partial charge in [-0.3, -0.25) is 4.79 Å².